The maximum atomic E-state index is 11.1. The Labute approximate surface area is 103 Å². The van der Waals surface area contributed by atoms with Crippen molar-refractivity contribution in [2.45, 2.75) is 19.8 Å². The van der Waals surface area contributed by atoms with Crippen LogP contribution in [0.25, 0.3) is 10.7 Å². The highest BCUT2D eigenvalue weighted by atomic mass is 32.1. The molecule has 0 aliphatic rings. The molecule has 2 rings (SSSR count). The molecule has 0 aliphatic heterocycles. The fourth-order valence-electron chi connectivity index (χ4n) is 1.62. The van der Waals surface area contributed by atoms with Gasteiger partial charge in [-0.15, -0.1) is 11.3 Å². The van der Waals surface area contributed by atoms with Gasteiger partial charge in [-0.1, -0.05) is 13.3 Å². The van der Waals surface area contributed by atoms with Crippen LogP contribution in [0.2, 0.25) is 0 Å². The summed E-state index contributed by atoms with van der Waals surface area (Å²) >= 11 is 1.21. The van der Waals surface area contributed by atoms with E-state index in [9.17, 15) is 4.79 Å². The first-order valence-electron chi connectivity index (χ1n) is 5.34. The lowest BCUT2D eigenvalue weighted by Gasteiger charge is -1.95. The van der Waals surface area contributed by atoms with Crippen molar-refractivity contribution in [2.24, 2.45) is 7.05 Å². The first kappa shape index (κ1) is 11.8. The molecule has 0 saturated heterocycles. The lowest BCUT2D eigenvalue weighted by Crippen LogP contribution is -1.98. The van der Waals surface area contributed by atoms with Crippen molar-refractivity contribution in [2.75, 3.05) is 0 Å². The van der Waals surface area contributed by atoms with Gasteiger partial charge in [-0.3, -0.25) is 4.68 Å². The van der Waals surface area contributed by atoms with E-state index in [1.54, 1.807) is 10.9 Å². The lowest BCUT2D eigenvalue weighted by molar-refractivity contribution is 0.0700. The summed E-state index contributed by atoms with van der Waals surface area (Å²) in [5.41, 5.74) is 1.51. The van der Waals surface area contributed by atoms with Crippen molar-refractivity contribution in [3.05, 3.63) is 22.8 Å². The number of nitrogens with zero attached hydrogens (tertiary/aromatic N) is 3. The van der Waals surface area contributed by atoms with E-state index >= 15 is 0 Å². The number of hydrogen-bond acceptors (Lipinski definition) is 4. The van der Waals surface area contributed by atoms with Crippen molar-refractivity contribution >= 4 is 17.3 Å². The molecule has 0 aliphatic carbocycles. The van der Waals surface area contributed by atoms with Crippen LogP contribution in [0, 0.1) is 0 Å². The summed E-state index contributed by atoms with van der Waals surface area (Å²) in [5.74, 6) is -0.903. The minimum atomic E-state index is -0.903. The van der Waals surface area contributed by atoms with Crippen molar-refractivity contribution in [3.8, 4) is 10.7 Å². The summed E-state index contributed by atoms with van der Waals surface area (Å²) in [7, 11) is 1.82. The van der Waals surface area contributed by atoms with Crippen LogP contribution in [0.4, 0.5) is 0 Å². The lowest BCUT2D eigenvalue weighted by atomic mass is 10.2. The van der Waals surface area contributed by atoms with Crippen LogP contribution in [-0.2, 0) is 13.5 Å². The average Bonchev–Trinajstić information content (AvgIpc) is 2.84. The van der Waals surface area contributed by atoms with Gasteiger partial charge in [0.1, 0.15) is 9.88 Å². The first-order valence-corrected chi connectivity index (χ1v) is 6.16. The molecule has 0 aromatic carbocycles. The molecule has 0 amide bonds. The van der Waals surface area contributed by atoms with Gasteiger partial charge in [0.25, 0.3) is 0 Å². The van der Waals surface area contributed by atoms with Gasteiger partial charge in [-0.05, 0) is 12.5 Å². The maximum absolute atomic E-state index is 11.1. The third-order valence-electron chi connectivity index (χ3n) is 2.42. The van der Waals surface area contributed by atoms with E-state index in [1.165, 1.54) is 11.3 Å². The molecule has 0 fully saturated rings. The van der Waals surface area contributed by atoms with Gasteiger partial charge >= 0.3 is 5.97 Å². The standard InChI is InChI=1S/C11H13N3O2S/c1-3-4-7-9(11(15)16)17-10(13-7)8-5-6-12-14(8)2/h5-6H,3-4H2,1-2H3,(H,15,16). The fraction of sp³-hybridized carbons (Fsp3) is 0.364. The molecular formula is C11H13N3O2S. The topological polar surface area (TPSA) is 68.0 Å². The molecule has 90 valence electrons. The van der Waals surface area contributed by atoms with Gasteiger partial charge in [0.2, 0.25) is 0 Å². The Morgan fingerprint density at radius 1 is 1.59 bits per heavy atom. The molecule has 0 bridgehead atoms. The van der Waals surface area contributed by atoms with Crippen LogP contribution < -0.4 is 0 Å². The number of carbonyl (C=O) groups is 1. The van der Waals surface area contributed by atoms with E-state index in [1.807, 2.05) is 20.0 Å². The van der Waals surface area contributed by atoms with Crippen molar-refractivity contribution in [3.63, 3.8) is 0 Å². The van der Waals surface area contributed by atoms with Crippen LogP contribution in [0.3, 0.4) is 0 Å². The molecule has 5 nitrogen and oxygen atoms in total. The number of hydrogen-bond donors (Lipinski definition) is 1. The van der Waals surface area contributed by atoms with E-state index in [-0.39, 0.29) is 0 Å². The molecule has 1 N–H and O–H groups in total. The van der Waals surface area contributed by atoms with Gasteiger partial charge in [0, 0.05) is 13.2 Å². The van der Waals surface area contributed by atoms with E-state index in [0.29, 0.717) is 22.0 Å². The summed E-state index contributed by atoms with van der Waals surface area (Å²) in [6, 6.07) is 1.83. The Hall–Kier alpha value is -1.69. The molecule has 0 atom stereocenters. The summed E-state index contributed by atoms with van der Waals surface area (Å²) < 4.78 is 1.69. The molecule has 0 spiro atoms. The normalized spacial score (nSPS) is 10.7. The predicted molar refractivity (Wildman–Crippen MR) is 65.3 cm³/mol. The largest absolute Gasteiger partial charge is 0.477 e. The van der Waals surface area contributed by atoms with E-state index in [0.717, 1.165) is 12.1 Å². The highest BCUT2D eigenvalue weighted by Gasteiger charge is 2.18. The Balaban J connectivity index is 2.47. The van der Waals surface area contributed by atoms with Gasteiger partial charge in [-0.2, -0.15) is 5.10 Å². The maximum Gasteiger partial charge on any atom is 0.347 e. The Morgan fingerprint density at radius 3 is 2.88 bits per heavy atom. The van der Waals surface area contributed by atoms with Gasteiger partial charge in [-0.25, -0.2) is 9.78 Å². The second-order valence-corrected chi connectivity index (χ2v) is 4.69. The van der Waals surface area contributed by atoms with Crippen molar-refractivity contribution < 1.29 is 9.90 Å². The average molecular weight is 251 g/mol. The van der Waals surface area contributed by atoms with Crippen LogP contribution in [0.1, 0.15) is 28.7 Å². The second kappa shape index (κ2) is 4.67. The molecular weight excluding hydrogens is 238 g/mol. The third kappa shape index (κ3) is 2.21. The van der Waals surface area contributed by atoms with Crippen molar-refractivity contribution in [1.29, 1.82) is 0 Å². The minimum absolute atomic E-state index is 0.336. The second-order valence-electron chi connectivity index (χ2n) is 3.69. The van der Waals surface area contributed by atoms with Crippen LogP contribution >= 0.6 is 11.3 Å². The summed E-state index contributed by atoms with van der Waals surface area (Å²) in [6.45, 7) is 2.01. The molecule has 6 heteroatoms. The summed E-state index contributed by atoms with van der Waals surface area (Å²) in [6.07, 6.45) is 3.25. The minimum Gasteiger partial charge on any atom is -0.477 e. The zero-order valence-corrected chi connectivity index (χ0v) is 10.5. The molecule has 2 aromatic heterocycles. The monoisotopic (exact) mass is 251 g/mol. The highest BCUT2D eigenvalue weighted by Crippen LogP contribution is 2.28. The Kier molecular flexibility index (Phi) is 3.23. The Bertz CT molecular complexity index is 545. The fourth-order valence-corrected chi connectivity index (χ4v) is 2.63. The quantitative estimate of drug-likeness (QED) is 0.904. The summed E-state index contributed by atoms with van der Waals surface area (Å²) in [4.78, 5) is 15.8. The smallest absolute Gasteiger partial charge is 0.347 e. The molecule has 0 saturated carbocycles. The van der Waals surface area contributed by atoms with Crippen LogP contribution in [0.5, 0.6) is 0 Å². The number of rotatable bonds is 4. The molecule has 17 heavy (non-hydrogen) atoms. The van der Waals surface area contributed by atoms with Crippen LogP contribution in [-0.4, -0.2) is 25.8 Å². The number of carboxylic acid groups (broad SMARTS) is 1. The first-order chi connectivity index (χ1) is 8.13. The molecule has 0 radical (unpaired) electrons. The zero-order chi connectivity index (χ0) is 12.4. The van der Waals surface area contributed by atoms with E-state index < -0.39 is 5.97 Å². The highest BCUT2D eigenvalue weighted by molar-refractivity contribution is 7.17. The number of aryl methyl sites for hydroxylation is 2. The van der Waals surface area contributed by atoms with E-state index in [2.05, 4.69) is 10.1 Å². The summed E-state index contributed by atoms with van der Waals surface area (Å²) in [5, 5.41) is 13.9. The number of carboxylic acids is 1. The van der Waals surface area contributed by atoms with Crippen LogP contribution in [0.15, 0.2) is 12.3 Å². The predicted octanol–water partition coefficient (Wildman–Crippen LogP) is 2.19. The van der Waals surface area contributed by atoms with Crippen molar-refractivity contribution in [1.82, 2.24) is 14.8 Å². The van der Waals surface area contributed by atoms with Gasteiger partial charge < -0.3 is 5.11 Å². The van der Waals surface area contributed by atoms with Gasteiger partial charge in [0.15, 0.2) is 0 Å². The molecule has 2 aromatic rings. The third-order valence-corrected chi connectivity index (χ3v) is 3.53. The molecule has 2 heterocycles. The zero-order valence-electron chi connectivity index (χ0n) is 9.67. The Morgan fingerprint density at radius 2 is 2.35 bits per heavy atom. The number of aromatic nitrogens is 3. The SMILES string of the molecule is CCCc1nc(-c2ccnn2C)sc1C(=O)O. The number of thiazole rings is 1. The van der Waals surface area contributed by atoms with E-state index in [4.69, 9.17) is 5.11 Å². The molecule has 0 unspecified atom stereocenters. The van der Waals surface area contributed by atoms with Gasteiger partial charge in [0.05, 0.1) is 11.4 Å². The number of aromatic carboxylic acids is 1.